The van der Waals surface area contributed by atoms with Crippen LogP contribution in [-0.4, -0.2) is 16.0 Å². The topological polar surface area (TPSA) is 129 Å². The van der Waals surface area contributed by atoms with Gasteiger partial charge in [-0.25, -0.2) is 0 Å². The van der Waals surface area contributed by atoms with Crippen LogP contribution in [0.2, 0.25) is 0 Å². The van der Waals surface area contributed by atoms with Crippen molar-refractivity contribution < 1.29 is 65.4 Å². The number of hydrogen-bond donors (Lipinski definition) is 0. The summed E-state index contributed by atoms with van der Waals surface area (Å²) in [4.78, 5) is 8.25. The zero-order valence-corrected chi connectivity index (χ0v) is 5.48. The fraction of sp³-hybridized carbons (Fsp3) is 0. The van der Waals surface area contributed by atoms with Crippen LogP contribution in [0.25, 0.3) is 0 Å². The Bertz CT molecular complexity index is 31.1. The third-order valence-corrected chi connectivity index (χ3v) is 0. The largest absolute Gasteiger partial charge is 0.412 e. The maximum atomic E-state index is 8.25. The van der Waals surface area contributed by atoms with Gasteiger partial charge in [-0.3, -0.25) is 0 Å². The molecule has 0 aliphatic heterocycles. The third kappa shape index (κ3) is 299. The zero-order valence-electron chi connectivity index (χ0n) is 3.05. The van der Waals surface area contributed by atoms with E-state index in [0.717, 1.165) is 0 Å². The molecule has 0 aliphatic rings. The summed E-state index contributed by atoms with van der Waals surface area (Å²) in [6.07, 6.45) is 0. The van der Waals surface area contributed by atoms with Crippen molar-refractivity contribution in [3.05, 3.63) is 15.3 Å². The molecule has 0 aliphatic carbocycles. The monoisotopic (exact) mass is 251 g/mol. The van der Waals surface area contributed by atoms with Gasteiger partial charge in [0, 0.05) is 49.4 Å². The molecule has 7 heteroatoms. The molecule has 0 unspecified atom stereocenters. The fourth-order valence-corrected chi connectivity index (χ4v) is 0. The van der Waals surface area contributed by atoms with Crippen molar-refractivity contribution in [2.24, 2.45) is 0 Å². The Balaban J connectivity index is -0.0000000150. The first-order valence-electron chi connectivity index (χ1n) is 0.548. The second-order valence-electron chi connectivity index (χ2n) is 0.224. The number of hydrogen-bond acceptors (Lipinski definition) is 3. The molecule has 0 bridgehead atoms. The maximum absolute atomic E-state index is 8.25. The molecule has 0 spiro atoms. The summed E-state index contributed by atoms with van der Waals surface area (Å²) in [7, 11) is 0. The maximum Gasteiger partial charge on any atom is 0.0689 e. The van der Waals surface area contributed by atoms with E-state index in [1.54, 1.807) is 0 Å². The van der Waals surface area contributed by atoms with Gasteiger partial charge in [-0.15, -0.1) is 0 Å². The molecular weight excluding hydrogens is 246 g/mol. The van der Waals surface area contributed by atoms with Crippen LogP contribution in [-0.2, 0) is 0 Å². The first-order valence-corrected chi connectivity index (χ1v) is 0.548. The average molecular weight is 250 g/mol. The van der Waals surface area contributed by atoms with Gasteiger partial charge in [0.1, 0.15) is 0 Å². The zero-order chi connectivity index (χ0) is 3.58. The molecule has 0 aromatic carbocycles. The van der Waals surface area contributed by atoms with Crippen molar-refractivity contribution in [3.8, 4) is 0 Å². The van der Waals surface area contributed by atoms with Crippen molar-refractivity contribution in [3.63, 3.8) is 0 Å². The van der Waals surface area contributed by atoms with Crippen molar-refractivity contribution in [2.45, 2.75) is 0 Å². The average Bonchev–Trinajstić information content (AvgIpc) is 0.811. The molecule has 0 atom stereocenters. The van der Waals surface area contributed by atoms with Crippen molar-refractivity contribution in [2.75, 3.05) is 0 Å². The molecule has 0 saturated carbocycles. The van der Waals surface area contributed by atoms with Crippen LogP contribution >= 0.6 is 0 Å². The van der Waals surface area contributed by atoms with Crippen LogP contribution in [0.4, 0.5) is 0 Å². The van der Waals surface area contributed by atoms with E-state index >= 15 is 0 Å². The summed E-state index contributed by atoms with van der Waals surface area (Å²) in [5.41, 5.74) is 0. The van der Waals surface area contributed by atoms with E-state index in [4.69, 9.17) is 15.3 Å². The van der Waals surface area contributed by atoms with Gasteiger partial charge in [-0.2, -0.15) is 0 Å². The van der Waals surface area contributed by atoms with E-state index in [0.29, 0.717) is 0 Å². The Morgan fingerprint density at radius 1 is 1.14 bits per heavy atom. The van der Waals surface area contributed by atoms with E-state index < -0.39 is 5.09 Å². The minimum atomic E-state index is -1.75. The Labute approximate surface area is 79.8 Å². The van der Waals surface area contributed by atoms with E-state index in [1.165, 1.54) is 0 Å². The van der Waals surface area contributed by atoms with E-state index in [1.807, 2.05) is 0 Å². The summed E-state index contributed by atoms with van der Waals surface area (Å²) in [5.74, 6) is 0. The number of nitrogens with zero attached hydrogens (tertiary/aromatic N) is 1. The Hall–Kier alpha value is 0.704. The second kappa shape index (κ2) is 15.9. The van der Waals surface area contributed by atoms with Crippen molar-refractivity contribution in [1.29, 1.82) is 0 Å². The first-order chi connectivity index (χ1) is 1.73. The molecule has 0 heterocycles. The molecule has 0 aromatic rings. The molecule has 47 valence electrons. The molecule has 0 amide bonds. The fourth-order valence-electron chi connectivity index (χ4n) is 0. The molecule has 0 rings (SSSR count). The van der Waals surface area contributed by atoms with Gasteiger partial charge in [0.15, 0.2) is 0 Å². The van der Waals surface area contributed by atoms with Gasteiger partial charge in [0.25, 0.3) is 0 Å². The van der Waals surface area contributed by atoms with Crippen molar-refractivity contribution in [1.82, 2.24) is 0 Å². The van der Waals surface area contributed by atoms with Crippen LogP contribution in [0.3, 0.4) is 0 Å². The van der Waals surface area contributed by atoms with E-state index in [9.17, 15) is 0 Å². The van der Waals surface area contributed by atoms with Crippen LogP contribution in [0.1, 0.15) is 0 Å². The molecule has 0 aromatic heterocycles. The Morgan fingerprint density at radius 3 is 1.14 bits per heavy atom. The van der Waals surface area contributed by atoms with Gasteiger partial charge in [0.2, 0.25) is 0 Å². The van der Waals surface area contributed by atoms with Gasteiger partial charge in [-0.1, -0.05) is 0 Å². The smallest absolute Gasteiger partial charge is 0.0689 e. The van der Waals surface area contributed by atoms with Crippen molar-refractivity contribution >= 4 is 0 Å². The van der Waals surface area contributed by atoms with Crippen LogP contribution in [0.5, 0.6) is 0 Å². The molecule has 1 radical (unpaired) electrons. The Morgan fingerprint density at radius 2 is 1.14 bits per heavy atom. The number of rotatable bonds is 0. The first kappa shape index (κ1) is 25.2. The summed E-state index contributed by atoms with van der Waals surface area (Å²) in [5, 5.41) is 14.8. The normalized spacial score (nSPS) is 3.43. The van der Waals surface area contributed by atoms with Gasteiger partial charge in [-0.05, 0) is 0 Å². The van der Waals surface area contributed by atoms with Crippen LogP contribution < -0.4 is 0 Å². The predicted molar refractivity (Wildman–Crippen MR) is 17.6 cm³/mol. The van der Waals surface area contributed by atoms with Crippen LogP contribution in [0.15, 0.2) is 0 Å². The molecule has 6 nitrogen and oxygen atoms in total. The molecule has 0 fully saturated rings. The third-order valence-electron chi connectivity index (χ3n) is 0. The Kier molecular flexibility index (Phi) is 57.3. The molecular formula is H4EuNO5-. The van der Waals surface area contributed by atoms with Gasteiger partial charge < -0.3 is 26.3 Å². The van der Waals surface area contributed by atoms with Gasteiger partial charge >= 0.3 is 0 Å². The summed E-state index contributed by atoms with van der Waals surface area (Å²) < 4.78 is 0. The standard InChI is InChI=1S/Eu.NO3.2H2O/c;2-1(3)4;;/h;;2*1H2/q;-1;;. The molecule has 0 saturated heterocycles. The quantitative estimate of drug-likeness (QED) is 0.368. The summed E-state index contributed by atoms with van der Waals surface area (Å²) >= 11 is 0. The van der Waals surface area contributed by atoms with E-state index in [2.05, 4.69) is 0 Å². The van der Waals surface area contributed by atoms with Crippen LogP contribution in [0, 0.1) is 64.7 Å². The van der Waals surface area contributed by atoms with E-state index in [-0.39, 0.29) is 60.3 Å². The predicted octanol–water partition coefficient (Wildman–Crippen LogP) is -1.89. The summed E-state index contributed by atoms with van der Waals surface area (Å²) in [6, 6.07) is 0. The van der Waals surface area contributed by atoms with Gasteiger partial charge in [0.05, 0.1) is 5.09 Å². The minimum absolute atomic E-state index is 0. The molecule has 4 N–H and O–H groups in total. The minimum Gasteiger partial charge on any atom is -0.412 e. The molecule has 7 heavy (non-hydrogen) atoms. The SMILES string of the molecule is O.O.O=[N+]([O-])[O-].[Eu]. The second-order valence-corrected chi connectivity index (χ2v) is 0.224. The summed E-state index contributed by atoms with van der Waals surface area (Å²) in [6.45, 7) is 0.